The van der Waals surface area contributed by atoms with E-state index in [-0.39, 0.29) is 0 Å². The van der Waals surface area contributed by atoms with Crippen LogP contribution in [0.4, 0.5) is 5.13 Å². The largest absolute Gasteiger partial charge is 0.417 e. The Morgan fingerprint density at radius 1 is 1.42 bits per heavy atom. The van der Waals surface area contributed by atoms with Gasteiger partial charge < -0.3 is 9.73 Å². The number of aromatic amines is 1. The number of anilines is 1. The molecule has 0 aliphatic heterocycles. The summed E-state index contributed by atoms with van der Waals surface area (Å²) in [6.45, 7) is 0. The van der Waals surface area contributed by atoms with Gasteiger partial charge >= 0.3 is 5.76 Å². The van der Waals surface area contributed by atoms with Crippen LogP contribution in [-0.4, -0.2) is 16.0 Å². The Hall–Kier alpha value is -2.08. The smallest absolute Gasteiger partial charge is 0.408 e. The van der Waals surface area contributed by atoms with E-state index < -0.39 is 5.76 Å². The van der Waals surface area contributed by atoms with Gasteiger partial charge in [-0.25, -0.2) is 9.78 Å². The summed E-state index contributed by atoms with van der Waals surface area (Å²) in [4.78, 5) is 18.3. The van der Waals surface area contributed by atoms with Crippen molar-refractivity contribution in [2.75, 3.05) is 5.32 Å². The Bertz CT molecular complexity index is 797. The van der Waals surface area contributed by atoms with Crippen molar-refractivity contribution in [3.8, 4) is 11.3 Å². The molecule has 19 heavy (non-hydrogen) atoms. The Morgan fingerprint density at radius 2 is 2.32 bits per heavy atom. The number of oxazole rings is 1. The van der Waals surface area contributed by atoms with Crippen molar-refractivity contribution in [1.82, 2.24) is 9.97 Å². The van der Waals surface area contributed by atoms with E-state index in [2.05, 4.69) is 15.3 Å². The average Bonchev–Trinajstić information content (AvgIpc) is 2.94. The van der Waals surface area contributed by atoms with Crippen molar-refractivity contribution < 1.29 is 4.42 Å². The third-order valence-electron chi connectivity index (χ3n) is 3.13. The SMILES string of the molecule is O=c1[nH]c2ccc(-c3csc(NC4CC4)n3)cc2o1. The van der Waals surface area contributed by atoms with Gasteiger partial charge in [0.25, 0.3) is 0 Å². The summed E-state index contributed by atoms with van der Waals surface area (Å²) >= 11 is 1.60. The molecule has 0 bridgehead atoms. The molecule has 1 aliphatic carbocycles. The maximum atomic E-state index is 11.1. The molecule has 1 aliphatic rings. The van der Waals surface area contributed by atoms with Crippen molar-refractivity contribution in [3.63, 3.8) is 0 Å². The van der Waals surface area contributed by atoms with Crippen LogP contribution in [0.25, 0.3) is 22.4 Å². The molecule has 2 aromatic heterocycles. The van der Waals surface area contributed by atoms with Gasteiger partial charge in [0.15, 0.2) is 10.7 Å². The third kappa shape index (κ3) is 2.04. The van der Waals surface area contributed by atoms with Gasteiger partial charge in [0.2, 0.25) is 0 Å². The van der Waals surface area contributed by atoms with E-state index in [0.29, 0.717) is 17.1 Å². The standard InChI is InChI=1S/C13H11N3O2S/c17-13-16-9-4-1-7(5-11(9)18-13)10-6-19-12(15-10)14-8-2-3-8/h1,4-6,8H,2-3H2,(H,14,15)(H,16,17). The second-order valence-electron chi connectivity index (χ2n) is 4.68. The first-order chi connectivity index (χ1) is 9.28. The lowest BCUT2D eigenvalue weighted by Crippen LogP contribution is -1.99. The molecule has 6 heteroatoms. The second-order valence-corrected chi connectivity index (χ2v) is 5.54. The zero-order valence-corrected chi connectivity index (χ0v) is 10.8. The Kier molecular flexibility index (Phi) is 2.25. The second kappa shape index (κ2) is 3.96. The molecule has 0 radical (unpaired) electrons. The predicted molar refractivity (Wildman–Crippen MR) is 74.6 cm³/mol. The van der Waals surface area contributed by atoms with Gasteiger partial charge in [-0.3, -0.25) is 4.98 Å². The van der Waals surface area contributed by atoms with Crippen LogP contribution in [0.15, 0.2) is 32.8 Å². The first-order valence-electron chi connectivity index (χ1n) is 6.13. The molecule has 4 rings (SSSR count). The zero-order chi connectivity index (χ0) is 12.8. The van der Waals surface area contributed by atoms with Gasteiger partial charge in [0, 0.05) is 17.0 Å². The summed E-state index contributed by atoms with van der Waals surface area (Å²) in [6.07, 6.45) is 2.46. The Balaban J connectivity index is 1.71. The number of rotatable bonds is 3. The number of nitrogens with one attached hydrogen (secondary N) is 2. The van der Waals surface area contributed by atoms with Crippen LogP contribution in [0, 0.1) is 0 Å². The lowest BCUT2D eigenvalue weighted by Gasteiger charge is -1.97. The highest BCUT2D eigenvalue weighted by molar-refractivity contribution is 7.14. The molecular formula is C13H11N3O2S. The molecule has 0 saturated heterocycles. The topological polar surface area (TPSA) is 70.9 Å². The van der Waals surface area contributed by atoms with Gasteiger partial charge in [-0.2, -0.15) is 0 Å². The van der Waals surface area contributed by atoms with Gasteiger partial charge in [-0.1, -0.05) is 6.07 Å². The fourth-order valence-corrected chi connectivity index (χ4v) is 2.78. The number of fused-ring (bicyclic) bond motifs is 1. The molecule has 0 unspecified atom stereocenters. The van der Waals surface area contributed by atoms with Crippen molar-refractivity contribution >= 4 is 27.6 Å². The predicted octanol–water partition coefficient (Wildman–Crippen LogP) is 2.82. The third-order valence-corrected chi connectivity index (χ3v) is 3.90. The number of nitrogens with zero attached hydrogens (tertiary/aromatic N) is 1. The van der Waals surface area contributed by atoms with E-state index in [9.17, 15) is 4.79 Å². The minimum Gasteiger partial charge on any atom is -0.408 e. The normalized spacial score (nSPS) is 14.9. The van der Waals surface area contributed by atoms with Crippen molar-refractivity contribution in [2.45, 2.75) is 18.9 Å². The average molecular weight is 273 g/mol. The van der Waals surface area contributed by atoms with Crippen LogP contribution in [0.3, 0.4) is 0 Å². The Morgan fingerprint density at radius 3 is 3.16 bits per heavy atom. The van der Waals surface area contributed by atoms with E-state index in [4.69, 9.17) is 4.42 Å². The highest BCUT2D eigenvalue weighted by Gasteiger charge is 2.22. The number of H-pyrrole nitrogens is 1. The van der Waals surface area contributed by atoms with E-state index in [1.165, 1.54) is 12.8 Å². The van der Waals surface area contributed by atoms with Gasteiger partial charge in [0.05, 0.1) is 11.2 Å². The molecule has 1 aromatic carbocycles. The minimum absolute atomic E-state index is 0.429. The van der Waals surface area contributed by atoms with Crippen LogP contribution < -0.4 is 11.1 Å². The van der Waals surface area contributed by atoms with Crippen LogP contribution in [-0.2, 0) is 0 Å². The maximum Gasteiger partial charge on any atom is 0.417 e. The summed E-state index contributed by atoms with van der Waals surface area (Å²) in [7, 11) is 0. The van der Waals surface area contributed by atoms with Crippen LogP contribution in [0.1, 0.15) is 12.8 Å². The quantitative estimate of drug-likeness (QED) is 0.769. The lowest BCUT2D eigenvalue weighted by atomic mass is 10.1. The summed E-state index contributed by atoms with van der Waals surface area (Å²) in [5.74, 6) is -0.429. The molecule has 5 nitrogen and oxygen atoms in total. The molecule has 2 N–H and O–H groups in total. The highest BCUT2D eigenvalue weighted by atomic mass is 32.1. The van der Waals surface area contributed by atoms with Crippen LogP contribution in [0.5, 0.6) is 0 Å². The first kappa shape index (κ1) is 10.8. The molecule has 0 atom stereocenters. The molecular weight excluding hydrogens is 262 g/mol. The van der Waals surface area contributed by atoms with E-state index in [1.807, 2.05) is 23.6 Å². The van der Waals surface area contributed by atoms with E-state index in [0.717, 1.165) is 16.4 Å². The Labute approximate surface area is 112 Å². The molecule has 96 valence electrons. The summed E-state index contributed by atoms with van der Waals surface area (Å²) in [6, 6.07) is 6.21. The summed E-state index contributed by atoms with van der Waals surface area (Å²) in [5, 5.41) is 6.34. The molecule has 3 aromatic rings. The van der Waals surface area contributed by atoms with Gasteiger partial charge in [0.1, 0.15) is 0 Å². The fourth-order valence-electron chi connectivity index (χ4n) is 1.98. The first-order valence-corrected chi connectivity index (χ1v) is 7.01. The number of hydrogen-bond donors (Lipinski definition) is 2. The van der Waals surface area contributed by atoms with E-state index >= 15 is 0 Å². The number of hydrogen-bond acceptors (Lipinski definition) is 5. The van der Waals surface area contributed by atoms with Gasteiger partial charge in [-0.15, -0.1) is 11.3 Å². The molecule has 1 fully saturated rings. The van der Waals surface area contributed by atoms with Crippen molar-refractivity contribution in [3.05, 3.63) is 34.1 Å². The van der Waals surface area contributed by atoms with Crippen LogP contribution >= 0.6 is 11.3 Å². The van der Waals surface area contributed by atoms with E-state index in [1.54, 1.807) is 11.3 Å². The fraction of sp³-hybridized carbons (Fsp3) is 0.231. The lowest BCUT2D eigenvalue weighted by molar-refractivity contribution is 0.555. The highest BCUT2D eigenvalue weighted by Crippen LogP contribution is 2.30. The zero-order valence-electron chi connectivity index (χ0n) is 9.97. The number of benzene rings is 1. The van der Waals surface area contributed by atoms with Crippen molar-refractivity contribution in [1.29, 1.82) is 0 Å². The monoisotopic (exact) mass is 273 g/mol. The molecule has 0 amide bonds. The maximum absolute atomic E-state index is 11.1. The molecule has 1 saturated carbocycles. The number of thiazole rings is 1. The summed E-state index contributed by atoms with van der Waals surface area (Å²) < 4.78 is 5.06. The van der Waals surface area contributed by atoms with Crippen LogP contribution in [0.2, 0.25) is 0 Å². The van der Waals surface area contributed by atoms with Crippen molar-refractivity contribution in [2.24, 2.45) is 0 Å². The van der Waals surface area contributed by atoms with Gasteiger partial charge in [-0.05, 0) is 25.0 Å². The number of aromatic nitrogens is 2. The summed E-state index contributed by atoms with van der Waals surface area (Å²) in [5.41, 5.74) is 3.13. The molecule has 2 heterocycles. The minimum atomic E-state index is -0.429. The molecule has 0 spiro atoms.